The summed E-state index contributed by atoms with van der Waals surface area (Å²) < 4.78 is 45.6. The molecule has 0 fully saturated rings. The summed E-state index contributed by atoms with van der Waals surface area (Å²) in [6, 6.07) is 6.33. The Labute approximate surface area is 180 Å². The number of carbonyl (C=O) groups excluding carboxylic acids is 1. The van der Waals surface area contributed by atoms with Crippen molar-refractivity contribution in [3.63, 3.8) is 0 Å². The van der Waals surface area contributed by atoms with E-state index >= 15 is 0 Å². The van der Waals surface area contributed by atoms with Gasteiger partial charge in [-0.3, -0.25) is 4.79 Å². The Balaban J connectivity index is 0.00000729. The highest BCUT2D eigenvalue weighted by Gasteiger charge is 2.28. The Morgan fingerprint density at radius 1 is 1.14 bits per heavy atom. The minimum absolute atomic E-state index is 0. The Morgan fingerprint density at radius 3 is 2.39 bits per heavy atom. The second-order valence-corrected chi connectivity index (χ2v) is 5.70. The molecule has 0 amide bonds. The number of unbranched alkanes of at least 4 members (excludes halogenated alkanes) is 1. The first-order valence-corrected chi connectivity index (χ1v) is 8.71. The molecule has 0 aliphatic heterocycles. The highest BCUT2D eigenvalue weighted by molar-refractivity contribution is 14.0. The molecule has 0 heterocycles. The molecule has 0 aliphatic rings. The minimum Gasteiger partial charge on any atom is -0.484 e. The van der Waals surface area contributed by atoms with Gasteiger partial charge >= 0.3 is 12.1 Å². The van der Waals surface area contributed by atoms with Gasteiger partial charge in [0.15, 0.2) is 12.6 Å². The first kappa shape index (κ1) is 26.3. The number of halogens is 4. The molecule has 0 bridgehead atoms. The maximum atomic E-state index is 12.1. The maximum absolute atomic E-state index is 12.1. The number of nitrogens with zero attached hydrogens (tertiary/aromatic N) is 1. The molecule has 2 N–H and O–H groups in total. The molecule has 0 saturated carbocycles. The van der Waals surface area contributed by atoms with Crippen LogP contribution < -0.4 is 15.4 Å². The number of aliphatic imine (C=N–C) groups is 1. The number of benzene rings is 1. The van der Waals surface area contributed by atoms with Crippen LogP contribution in [0.1, 0.15) is 31.7 Å². The second-order valence-electron chi connectivity index (χ2n) is 5.70. The van der Waals surface area contributed by atoms with Crippen molar-refractivity contribution < 1.29 is 27.4 Å². The van der Waals surface area contributed by atoms with E-state index in [0.29, 0.717) is 32.0 Å². The molecule has 1 aromatic carbocycles. The lowest BCUT2D eigenvalue weighted by molar-refractivity contribution is -0.153. The van der Waals surface area contributed by atoms with Gasteiger partial charge in [-0.05, 0) is 37.5 Å². The van der Waals surface area contributed by atoms with Crippen LogP contribution in [-0.2, 0) is 16.1 Å². The quantitative estimate of drug-likeness (QED) is 0.163. The van der Waals surface area contributed by atoms with Crippen LogP contribution in [0.25, 0.3) is 0 Å². The molecule has 0 unspecified atom stereocenters. The molecule has 1 aromatic rings. The van der Waals surface area contributed by atoms with Crippen LogP contribution >= 0.6 is 24.0 Å². The third-order valence-corrected chi connectivity index (χ3v) is 3.42. The molecule has 0 aromatic heterocycles. The number of nitrogens with one attached hydrogen (secondary N) is 2. The summed E-state index contributed by atoms with van der Waals surface area (Å²) in [6.45, 7) is 2.36. The van der Waals surface area contributed by atoms with Crippen LogP contribution in [0.5, 0.6) is 5.75 Å². The zero-order valence-corrected chi connectivity index (χ0v) is 18.3. The zero-order valence-electron chi connectivity index (χ0n) is 16.0. The van der Waals surface area contributed by atoms with E-state index < -0.39 is 12.8 Å². The summed E-state index contributed by atoms with van der Waals surface area (Å²) in [7, 11) is 1.37. The van der Waals surface area contributed by atoms with E-state index in [1.165, 1.54) is 19.2 Å². The first-order chi connectivity index (χ1) is 12.8. The summed E-state index contributed by atoms with van der Waals surface area (Å²) >= 11 is 0. The lowest BCUT2D eigenvalue weighted by atomic mass is 10.2. The van der Waals surface area contributed by atoms with Gasteiger partial charge in [0.25, 0.3) is 0 Å². The zero-order chi connectivity index (χ0) is 20.1. The van der Waals surface area contributed by atoms with E-state index in [9.17, 15) is 18.0 Å². The van der Waals surface area contributed by atoms with Gasteiger partial charge in [0.05, 0.1) is 13.7 Å². The number of rotatable bonds is 10. The van der Waals surface area contributed by atoms with Gasteiger partial charge in [-0.25, -0.2) is 4.99 Å². The lowest BCUT2D eigenvalue weighted by Gasteiger charge is -2.11. The van der Waals surface area contributed by atoms with E-state index in [1.807, 2.05) is 6.92 Å². The molecule has 0 atom stereocenters. The Morgan fingerprint density at radius 2 is 1.82 bits per heavy atom. The van der Waals surface area contributed by atoms with Crippen LogP contribution in [0, 0.1) is 0 Å². The van der Waals surface area contributed by atoms with Gasteiger partial charge in [-0.15, -0.1) is 24.0 Å². The predicted molar refractivity (Wildman–Crippen MR) is 112 cm³/mol. The van der Waals surface area contributed by atoms with Gasteiger partial charge in [0.2, 0.25) is 0 Å². The molecule has 0 saturated heterocycles. The first-order valence-electron chi connectivity index (χ1n) is 8.71. The monoisotopic (exact) mass is 517 g/mol. The van der Waals surface area contributed by atoms with Crippen LogP contribution in [0.15, 0.2) is 29.3 Å². The number of guanidine groups is 1. The normalized spacial score (nSPS) is 11.4. The number of hydrogen-bond donors (Lipinski definition) is 2. The fourth-order valence-electron chi connectivity index (χ4n) is 2.07. The number of carbonyl (C=O) groups is 1. The van der Waals surface area contributed by atoms with Gasteiger partial charge in [0.1, 0.15) is 5.75 Å². The van der Waals surface area contributed by atoms with Crippen molar-refractivity contribution in [3.05, 3.63) is 29.8 Å². The van der Waals surface area contributed by atoms with Crippen molar-refractivity contribution in [1.29, 1.82) is 0 Å². The number of ether oxygens (including phenoxy) is 2. The van der Waals surface area contributed by atoms with E-state index in [2.05, 4.69) is 25.1 Å². The Kier molecular flexibility index (Phi) is 13.4. The van der Waals surface area contributed by atoms with Crippen molar-refractivity contribution in [2.45, 2.75) is 38.9 Å². The molecule has 6 nitrogen and oxygen atoms in total. The highest BCUT2D eigenvalue weighted by atomic mass is 127. The van der Waals surface area contributed by atoms with Gasteiger partial charge < -0.3 is 20.1 Å². The summed E-state index contributed by atoms with van der Waals surface area (Å²) in [5.41, 5.74) is 0.845. The van der Waals surface area contributed by atoms with Crippen molar-refractivity contribution in [1.82, 2.24) is 10.6 Å². The molecular formula is C18H27F3IN3O3. The highest BCUT2D eigenvalue weighted by Crippen LogP contribution is 2.19. The van der Waals surface area contributed by atoms with Crippen LogP contribution in [-0.4, -0.2) is 44.9 Å². The molecule has 160 valence electrons. The van der Waals surface area contributed by atoms with E-state index in [1.54, 1.807) is 12.1 Å². The van der Waals surface area contributed by atoms with Gasteiger partial charge in [-0.1, -0.05) is 12.1 Å². The molecule has 1 rings (SSSR count). The molecule has 28 heavy (non-hydrogen) atoms. The largest absolute Gasteiger partial charge is 0.484 e. The molecular weight excluding hydrogens is 490 g/mol. The van der Waals surface area contributed by atoms with Crippen molar-refractivity contribution in [3.8, 4) is 5.75 Å². The molecule has 10 heteroatoms. The van der Waals surface area contributed by atoms with E-state index in [0.717, 1.165) is 18.4 Å². The van der Waals surface area contributed by atoms with Crippen LogP contribution in [0.3, 0.4) is 0 Å². The minimum atomic E-state index is -4.35. The Hall–Kier alpha value is -1.72. The predicted octanol–water partition coefficient (Wildman–Crippen LogP) is 3.64. The van der Waals surface area contributed by atoms with Crippen molar-refractivity contribution in [2.24, 2.45) is 4.99 Å². The number of esters is 1. The third kappa shape index (κ3) is 12.6. The second kappa shape index (κ2) is 14.3. The van der Waals surface area contributed by atoms with Gasteiger partial charge in [0, 0.05) is 19.5 Å². The average Bonchev–Trinajstić information content (AvgIpc) is 2.64. The summed E-state index contributed by atoms with van der Waals surface area (Å²) in [5, 5.41) is 6.28. The SMILES string of the molecule is CCNC(=NCc1ccc(OCC(F)(F)F)cc1)NCCCCC(=O)OC.I. The van der Waals surface area contributed by atoms with Crippen LogP contribution in [0.2, 0.25) is 0 Å². The fraction of sp³-hybridized carbons (Fsp3) is 0.556. The third-order valence-electron chi connectivity index (χ3n) is 3.42. The lowest BCUT2D eigenvalue weighted by Crippen LogP contribution is -2.37. The van der Waals surface area contributed by atoms with E-state index in [4.69, 9.17) is 0 Å². The standard InChI is InChI=1S/C18H26F3N3O3.HI/c1-3-22-17(23-11-5-4-6-16(25)26-2)24-12-14-7-9-15(10-8-14)27-13-18(19,20)21;/h7-10H,3-6,11-13H2,1-2H3,(H2,22,23,24);1H. The van der Waals surface area contributed by atoms with E-state index in [-0.39, 0.29) is 35.7 Å². The van der Waals surface area contributed by atoms with Crippen molar-refractivity contribution in [2.75, 3.05) is 26.8 Å². The molecule has 0 spiro atoms. The fourth-order valence-corrected chi connectivity index (χ4v) is 2.07. The average molecular weight is 517 g/mol. The van der Waals surface area contributed by atoms with Gasteiger partial charge in [-0.2, -0.15) is 13.2 Å². The maximum Gasteiger partial charge on any atom is 0.422 e. The molecule has 0 radical (unpaired) electrons. The number of alkyl halides is 3. The molecule has 0 aliphatic carbocycles. The Bertz CT molecular complexity index is 596. The summed E-state index contributed by atoms with van der Waals surface area (Å²) in [4.78, 5) is 15.5. The van der Waals surface area contributed by atoms with Crippen LogP contribution in [0.4, 0.5) is 13.2 Å². The number of hydrogen-bond acceptors (Lipinski definition) is 4. The smallest absolute Gasteiger partial charge is 0.422 e. The van der Waals surface area contributed by atoms with Crippen molar-refractivity contribution >= 4 is 35.9 Å². The summed E-state index contributed by atoms with van der Waals surface area (Å²) in [6.07, 6.45) is -2.45. The summed E-state index contributed by atoms with van der Waals surface area (Å²) in [5.74, 6) is 0.571. The topological polar surface area (TPSA) is 72.0 Å². The number of methoxy groups -OCH3 is 1.